The van der Waals surface area contributed by atoms with E-state index in [1.54, 1.807) is 21.0 Å². The van der Waals surface area contributed by atoms with Crippen molar-refractivity contribution in [3.8, 4) is 0 Å². The predicted octanol–water partition coefficient (Wildman–Crippen LogP) is 1.39. The molecule has 0 unspecified atom stereocenters. The maximum atomic E-state index is 11.7. The summed E-state index contributed by atoms with van der Waals surface area (Å²) in [5.41, 5.74) is -0.769. The molecule has 20 heavy (non-hydrogen) atoms. The maximum absolute atomic E-state index is 11.7. The van der Waals surface area contributed by atoms with Crippen LogP contribution in [0.3, 0.4) is 0 Å². The van der Waals surface area contributed by atoms with E-state index in [0.717, 1.165) is 12.1 Å². The normalized spacial score (nSPS) is 11.6. The van der Waals surface area contributed by atoms with Crippen molar-refractivity contribution >= 4 is 23.0 Å². The van der Waals surface area contributed by atoms with Crippen LogP contribution in [0.5, 0.6) is 0 Å². The van der Waals surface area contributed by atoms with E-state index in [4.69, 9.17) is 0 Å². The van der Waals surface area contributed by atoms with Gasteiger partial charge in [-0.25, -0.2) is 0 Å². The molecule has 0 saturated carbocycles. The molecule has 0 aromatic heterocycles. The largest absolute Gasteiger partial charge is 0.368 e. The number of carbonyl (C=O) groups is 1. The zero-order valence-corrected chi connectivity index (χ0v) is 11.2. The van der Waals surface area contributed by atoms with Crippen LogP contribution >= 0.6 is 0 Å². The lowest BCUT2D eigenvalue weighted by molar-refractivity contribution is -0.393. The molecule has 0 saturated heterocycles. The minimum absolute atomic E-state index is 0.0586. The number of amides is 1. The molecule has 1 rings (SSSR count). The first-order valence-electron chi connectivity index (χ1n) is 5.64. The lowest BCUT2D eigenvalue weighted by Gasteiger charge is -2.18. The zero-order chi connectivity index (χ0) is 15.4. The molecule has 0 bridgehead atoms. The quantitative estimate of drug-likeness (QED) is 0.643. The number of likely N-dealkylation sites (N-methyl/N-ethyl adjacent to an activating group) is 1. The van der Waals surface area contributed by atoms with Crippen molar-refractivity contribution in [1.29, 1.82) is 0 Å². The van der Waals surface area contributed by atoms with Gasteiger partial charge in [-0.3, -0.25) is 25.0 Å². The number of nitro groups is 2. The Labute approximate surface area is 114 Å². The Kier molecular flexibility index (Phi) is 4.57. The van der Waals surface area contributed by atoms with Gasteiger partial charge in [-0.2, -0.15) is 0 Å². The number of nitro benzene ring substituents is 2. The third kappa shape index (κ3) is 3.40. The number of hydrogen-bond donors (Lipinski definition) is 1. The highest BCUT2D eigenvalue weighted by molar-refractivity contribution is 5.84. The Morgan fingerprint density at radius 2 is 1.85 bits per heavy atom. The molecule has 1 atom stereocenters. The van der Waals surface area contributed by atoms with E-state index in [2.05, 4.69) is 5.32 Å². The molecule has 0 radical (unpaired) electrons. The van der Waals surface area contributed by atoms with Crippen molar-refractivity contribution in [2.75, 3.05) is 19.4 Å². The van der Waals surface area contributed by atoms with Gasteiger partial charge in [0.2, 0.25) is 5.91 Å². The summed E-state index contributed by atoms with van der Waals surface area (Å²) in [5, 5.41) is 24.2. The minimum Gasteiger partial charge on any atom is -0.368 e. The van der Waals surface area contributed by atoms with Gasteiger partial charge in [-0.05, 0) is 13.0 Å². The van der Waals surface area contributed by atoms with Crippen molar-refractivity contribution in [1.82, 2.24) is 4.90 Å². The molecule has 0 spiro atoms. The van der Waals surface area contributed by atoms with E-state index < -0.39 is 21.6 Å². The number of hydrogen-bond acceptors (Lipinski definition) is 6. The molecule has 108 valence electrons. The summed E-state index contributed by atoms with van der Waals surface area (Å²) >= 11 is 0. The van der Waals surface area contributed by atoms with Crippen LogP contribution in [0, 0.1) is 20.2 Å². The number of carbonyl (C=O) groups excluding carboxylic acids is 1. The van der Waals surface area contributed by atoms with Gasteiger partial charge in [-0.15, -0.1) is 0 Å². The van der Waals surface area contributed by atoms with Crippen molar-refractivity contribution in [2.45, 2.75) is 13.0 Å². The van der Waals surface area contributed by atoms with Crippen molar-refractivity contribution < 1.29 is 14.6 Å². The van der Waals surface area contributed by atoms with Crippen LogP contribution in [0.2, 0.25) is 0 Å². The van der Waals surface area contributed by atoms with Gasteiger partial charge in [0.15, 0.2) is 0 Å². The molecule has 1 aromatic rings. The minimum atomic E-state index is -0.734. The van der Waals surface area contributed by atoms with E-state index >= 15 is 0 Å². The average Bonchev–Trinajstić information content (AvgIpc) is 2.37. The second-order valence-corrected chi connectivity index (χ2v) is 4.31. The average molecular weight is 282 g/mol. The predicted molar refractivity (Wildman–Crippen MR) is 71.5 cm³/mol. The molecule has 1 aromatic carbocycles. The van der Waals surface area contributed by atoms with Crippen molar-refractivity contribution in [2.24, 2.45) is 0 Å². The fourth-order valence-corrected chi connectivity index (χ4v) is 1.59. The van der Waals surface area contributed by atoms with Crippen LogP contribution in [-0.4, -0.2) is 40.8 Å². The highest BCUT2D eigenvalue weighted by Crippen LogP contribution is 2.29. The molecule has 9 nitrogen and oxygen atoms in total. The Balaban J connectivity index is 3.09. The first-order chi connectivity index (χ1) is 9.23. The van der Waals surface area contributed by atoms with Crippen LogP contribution < -0.4 is 5.32 Å². The highest BCUT2D eigenvalue weighted by Gasteiger charge is 2.23. The van der Waals surface area contributed by atoms with Crippen LogP contribution in [0.25, 0.3) is 0 Å². The number of anilines is 1. The van der Waals surface area contributed by atoms with Gasteiger partial charge in [0.1, 0.15) is 11.7 Å². The molecule has 0 aliphatic rings. The smallest absolute Gasteiger partial charge is 0.299 e. The lowest BCUT2D eigenvalue weighted by Crippen LogP contribution is -2.36. The van der Waals surface area contributed by atoms with Gasteiger partial charge >= 0.3 is 0 Å². The Hall–Kier alpha value is -2.71. The molecule has 0 heterocycles. The standard InChI is InChI=1S/C11H14N4O5/c1-7(11(16)13(2)3)12-9-5-4-8(14(17)18)6-10(9)15(19)20/h4-7,12H,1-3H3/t7-/m0/s1. The van der Waals surface area contributed by atoms with Crippen LogP contribution in [0.4, 0.5) is 17.1 Å². The SMILES string of the molecule is C[C@H](Nc1ccc([N+](=O)[O-])cc1[N+](=O)[O-])C(=O)N(C)C. The fourth-order valence-electron chi connectivity index (χ4n) is 1.59. The Morgan fingerprint density at radius 1 is 1.25 bits per heavy atom. The van der Waals surface area contributed by atoms with Crippen molar-refractivity contribution in [3.63, 3.8) is 0 Å². The third-order valence-corrected chi connectivity index (χ3v) is 2.57. The number of non-ortho nitro benzene ring substituents is 1. The number of rotatable bonds is 5. The summed E-state index contributed by atoms with van der Waals surface area (Å²) in [6.45, 7) is 1.55. The molecule has 0 aliphatic heterocycles. The van der Waals surface area contributed by atoms with E-state index in [1.807, 2.05) is 0 Å². The number of nitrogens with one attached hydrogen (secondary N) is 1. The second-order valence-electron chi connectivity index (χ2n) is 4.31. The summed E-state index contributed by atoms with van der Waals surface area (Å²) in [7, 11) is 3.12. The summed E-state index contributed by atoms with van der Waals surface area (Å²) in [5.74, 6) is -0.266. The monoisotopic (exact) mass is 282 g/mol. The molecular weight excluding hydrogens is 268 g/mol. The van der Waals surface area contributed by atoms with E-state index in [1.165, 1.54) is 11.0 Å². The second kappa shape index (κ2) is 5.95. The topological polar surface area (TPSA) is 119 Å². The van der Waals surface area contributed by atoms with E-state index in [-0.39, 0.29) is 17.3 Å². The lowest BCUT2D eigenvalue weighted by atomic mass is 10.2. The van der Waals surface area contributed by atoms with Gasteiger partial charge in [0.25, 0.3) is 11.4 Å². The molecule has 9 heteroatoms. The Morgan fingerprint density at radius 3 is 2.30 bits per heavy atom. The summed E-state index contributed by atoms with van der Waals surface area (Å²) in [6, 6.07) is 2.53. The Bertz CT molecular complexity index is 558. The molecule has 1 N–H and O–H groups in total. The zero-order valence-electron chi connectivity index (χ0n) is 11.2. The molecule has 0 fully saturated rings. The van der Waals surface area contributed by atoms with Crippen LogP contribution in [-0.2, 0) is 4.79 Å². The first-order valence-corrected chi connectivity index (χ1v) is 5.64. The highest BCUT2D eigenvalue weighted by atomic mass is 16.6. The van der Waals surface area contributed by atoms with Crippen LogP contribution in [0.1, 0.15) is 6.92 Å². The van der Waals surface area contributed by atoms with Gasteiger partial charge < -0.3 is 10.2 Å². The van der Waals surface area contributed by atoms with Gasteiger partial charge in [0, 0.05) is 20.2 Å². The molecule has 1 amide bonds. The fraction of sp³-hybridized carbons (Fsp3) is 0.364. The van der Waals surface area contributed by atoms with Gasteiger partial charge in [0.05, 0.1) is 15.9 Å². The van der Waals surface area contributed by atoms with E-state index in [0.29, 0.717) is 0 Å². The van der Waals surface area contributed by atoms with Gasteiger partial charge in [-0.1, -0.05) is 0 Å². The van der Waals surface area contributed by atoms with Crippen molar-refractivity contribution in [3.05, 3.63) is 38.4 Å². The number of nitrogens with zero attached hydrogens (tertiary/aromatic N) is 3. The molecular formula is C11H14N4O5. The number of benzene rings is 1. The van der Waals surface area contributed by atoms with E-state index in [9.17, 15) is 25.0 Å². The molecule has 0 aliphatic carbocycles. The maximum Gasteiger partial charge on any atom is 0.299 e. The summed E-state index contributed by atoms with van der Waals surface area (Å²) in [6.07, 6.45) is 0. The first kappa shape index (κ1) is 15.3. The third-order valence-electron chi connectivity index (χ3n) is 2.57. The van der Waals surface area contributed by atoms with Crippen LogP contribution in [0.15, 0.2) is 18.2 Å². The summed E-state index contributed by atoms with van der Waals surface area (Å²) in [4.78, 5) is 33.1. The summed E-state index contributed by atoms with van der Waals surface area (Å²) < 4.78 is 0.